The van der Waals surface area contributed by atoms with Crippen LogP contribution in [0.25, 0.3) is 6.08 Å². The molecule has 0 heterocycles. The topological polar surface area (TPSA) is 49.8 Å². The van der Waals surface area contributed by atoms with Crippen LogP contribution in [0, 0.1) is 32.1 Å². The minimum absolute atomic E-state index is 0.134. The molecule has 0 atom stereocenters. The Morgan fingerprint density at radius 3 is 2.58 bits per heavy atom. The molecule has 2 rings (SSSR count). The standard InChI is InChI=1S/C20H20N2S2/c1-13-8-16(10-17(11-21)20(22)23)15(3)18(9-13)12-24-19-7-5-4-6-14(19)2/h4-10H,12H2,1-3H3,(H2,22,23)/b17-10+. The molecular formula is C20H20N2S2. The van der Waals surface area contributed by atoms with Crippen molar-refractivity contribution in [2.24, 2.45) is 5.73 Å². The highest BCUT2D eigenvalue weighted by molar-refractivity contribution is 7.98. The summed E-state index contributed by atoms with van der Waals surface area (Å²) >= 11 is 6.76. The van der Waals surface area contributed by atoms with Crippen LogP contribution in [-0.4, -0.2) is 4.99 Å². The number of aryl methyl sites for hydroxylation is 2. The molecule has 0 saturated carbocycles. The zero-order valence-electron chi connectivity index (χ0n) is 14.1. The SMILES string of the molecule is Cc1cc(/C=C(\C#N)C(N)=S)c(C)c(CSc2ccccc2C)c1. The molecule has 2 nitrogen and oxygen atoms in total. The van der Waals surface area contributed by atoms with Gasteiger partial charge in [0.2, 0.25) is 0 Å². The van der Waals surface area contributed by atoms with Gasteiger partial charge in [-0.25, -0.2) is 0 Å². The van der Waals surface area contributed by atoms with Gasteiger partial charge in [0.15, 0.2) is 0 Å². The first-order valence-corrected chi connectivity index (χ1v) is 9.02. The Balaban J connectivity index is 2.34. The van der Waals surface area contributed by atoms with Gasteiger partial charge < -0.3 is 5.73 Å². The van der Waals surface area contributed by atoms with Crippen molar-refractivity contribution in [3.8, 4) is 6.07 Å². The average molecular weight is 353 g/mol. The molecule has 0 spiro atoms. The van der Waals surface area contributed by atoms with Crippen molar-refractivity contribution in [2.45, 2.75) is 31.4 Å². The van der Waals surface area contributed by atoms with Crippen molar-refractivity contribution in [1.29, 1.82) is 5.26 Å². The number of nitriles is 1. The lowest BCUT2D eigenvalue weighted by molar-refractivity contribution is 1.24. The number of nitrogens with zero attached hydrogens (tertiary/aromatic N) is 1. The van der Waals surface area contributed by atoms with Crippen molar-refractivity contribution in [3.63, 3.8) is 0 Å². The monoisotopic (exact) mass is 352 g/mol. The van der Waals surface area contributed by atoms with Gasteiger partial charge in [-0.15, -0.1) is 11.8 Å². The maximum Gasteiger partial charge on any atom is 0.114 e. The molecule has 0 amide bonds. The molecule has 24 heavy (non-hydrogen) atoms. The minimum Gasteiger partial charge on any atom is -0.389 e. The first kappa shape index (κ1) is 18.3. The third-order valence-corrected chi connectivity index (χ3v) is 5.31. The zero-order valence-corrected chi connectivity index (χ0v) is 15.7. The third kappa shape index (κ3) is 4.47. The van der Waals surface area contributed by atoms with Crippen LogP contribution in [0.3, 0.4) is 0 Å². The normalized spacial score (nSPS) is 11.2. The van der Waals surface area contributed by atoms with Gasteiger partial charge in [0.1, 0.15) is 11.1 Å². The molecule has 0 aliphatic carbocycles. The van der Waals surface area contributed by atoms with Gasteiger partial charge in [0, 0.05) is 10.6 Å². The van der Waals surface area contributed by atoms with Gasteiger partial charge in [-0.2, -0.15) is 5.26 Å². The van der Waals surface area contributed by atoms with Gasteiger partial charge in [-0.1, -0.05) is 48.1 Å². The molecule has 4 heteroatoms. The van der Waals surface area contributed by atoms with Crippen LogP contribution in [0.1, 0.15) is 27.8 Å². The quantitative estimate of drug-likeness (QED) is 0.352. The van der Waals surface area contributed by atoms with Crippen LogP contribution in [0.5, 0.6) is 0 Å². The Morgan fingerprint density at radius 1 is 1.25 bits per heavy atom. The highest BCUT2D eigenvalue weighted by Gasteiger charge is 2.08. The molecule has 0 saturated heterocycles. The first-order valence-electron chi connectivity index (χ1n) is 7.62. The Kier molecular flexibility index (Phi) is 6.19. The Labute approximate surface area is 153 Å². The smallest absolute Gasteiger partial charge is 0.114 e. The fourth-order valence-electron chi connectivity index (χ4n) is 2.45. The summed E-state index contributed by atoms with van der Waals surface area (Å²) in [6, 6.07) is 14.7. The summed E-state index contributed by atoms with van der Waals surface area (Å²) in [7, 11) is 0. The van der Waals surface area contributed by atoms with E-state index >= 15 is 0 Å². The number of thioether (sulfide) groups is 1. The highest BCUT2D eigenvalue weighted by atomic mass is 32.2. The third-order valence-electron chi connectivity index (χ3n) is 3.86. The van der Waals surface area contributed by atoms with E-state index in [-0.39, 0.29) is 4.99 Å². The largest absolute Gasteiger partial charge is 0.389 e. The molecule has 122 valence electrons. The Morgan fingerprint density at radius 2 is 1.96 bits per heavy atom. The van der Waals surface area contributed by atoms with E-state index in [1.807, 2.05) is 11.8 Å². The summed E-state index contributed by atoms with van der Waals surface area (Å²) < 4.78 is 0. The molecule has 0 radical (unpaired) electrons. The number of hydrogen-bond acceptors (Lipinski definition) is 3. The molecule has 0 unspecified atom stereocenters. The van der Waals surface area contributed by atoms with E-state index in [0.717, 1.165) is 22.4 Å². The van der Waals surface area contributed by atoms with E-state index in [2.05, 4.69) is 63.2 Å². The van der Waals surface area contributed by atoms with Gasteiger partial charge in [-0.3, -0.25) is 0 Å². The van der Waals surface area contributed by atoms with E-state index in [4.69, 9.17) is 18.0 Å². The van der Waals surface area contributed by atoms with Crippen LogP contribution >= 0.6 is 24.0 Å². The van der Waals surface area contributed by atoms with Crippen LogP contribution in [0.2, 0.25) is 0 Å². The Hall–Kier alpha value is -2.09. The van der Waals surface area contributed by atoms with Gasteiger partial charge in [-0.05, 0) is 55.2 Å². The fraction of sp³-hybridized carbons (Fsp3) is 0.200. The summed E-state index contributed by atoms with van der Waals surface area (Å²) in [5.74, 6) is 0.883. The molecule has 0 aromatic heterocycles. The lowest BCUT2D eigenvalue weighted by Gasteiger charge is -2.12. The maximum absolute atomic E-state index is 9.18. The summed E-state index contributed by atoms with van der Waals surface area (Å²) in [6.45, 7) is 6.26. The molecular weight excluding hydrogens is 332 g/mol. The van der Waals surface area contributed by atoms with Crippen LogP contribution in [0.4, 0.5) is 0 Å². The number of thiocarbonyl (C=S) groups is 1. The predicted octanol–water partition coefficient (Wildman–Crippen LogP) is 5.10. The predicted molar refractivity (Wildman–Crippen MR) is 107 cm³/mol. The van der Waals surface area contributed by atoms with E-state index in [9.17, 15) is 5.26 Å². The molecule has 0 fully saturated rings. The van der Waals surface area contributed by atoms with E-state index in [0.29, 0.717) is 5.57 Å². The molecule has 2 N–H and O–H groups in total. The number of benzene rings is 2. The van der Waals surface area contributed by atoms with Gasteiger partial charge >= 0.3 is 0 Å². The molecule has 2 aromatic carbocycles. The number of hydrogen-bond donors (Lipinski definition) is 1. The van der Waals surface area contributed by atoms with Crippen molar-refractivity contribution >= 4 is 35.0 Å². The van der Waals surface area contributed by atoms with Crippen LogP contribution in [-0.2, 0) is 5.75 Å². The molecule has 2 aromatic rings. The van der Waals surface area contributed by atoms with Crippen molar-refractivity contribution in [2.75, 3.05) is 0 Å². The molecule has 0 bridgehead atoms. The second kappa shape index (κ2) is 8.14. The fourth-order valence-corrected chi connectivity index (χ4v) is 3.64. The molecule has 0 aliphatic heterocycles. The molecule has 0 aliphatic rings. The van der Waals surface area contributed by atoms with Crippen molar-refractivity contribution in [1.82, 2.24) is 0 Å². The average Bonchev–Trinajstić information content (AvgIpc) is 2.54. The first-order chi connectivity index (χ1) is 11.4. The second-order valence-electron chi connectivity index (χ2n) is 5.73. The highest BCUT2D eigenvalue weighted by Crippen LogP contribution is 2.29. The van der Waals surface area contributed by atoms with Gasteiger partial charge in [0.05, 0.1) is 5.57 Å². The maximum atomic E-state index is 9.18. The Bertz CT molecular complexity index is 845. The number of rotatable bonds is 5. The summed E-state index contributed by atoms with van der Waals surface area (Å²) in [5, 5.41) is 9.18. The summed E-state index contributed by atoms with van der Waals surface area (Å²) in [4.78, 5) is 1.42. The lowest BCUT2D eigenvalue weighted by Crippen LogP contribution is -2.10. The summed E-state index contributed by atoms with van der Waals surface area (Å²) in [5.41, 5.74) is 11.8. The van der Waals surface area contributed by atoms with E-state index < -0.39 is 0 Å². The minimum atomic E-state index is 0.134. The number of nitrogens with two attached hydrogens (primary N) is 1. The van der Waals surface area contributed by atoms with Crippen LogP contribution in [0.15, 0.2) is 46.9 Å². The van der Waals surface area contributed by atoms with Crippen molar-refractivity contribution < 1.29 is 0 Å². The van der Waals surface area contributed by atoms with Gasteiger partial charge in [0.25, 0.3) is 0 Å². The van der Waals surface area contributed by atoms with E-state index in [1.54, 1.807) is 6.08 Å². The van der Waals surface area contributed by atoms with Crippen LogP contribution < -0.4 is 5.73 Å². The second-order valence-corrected chi connectivity index (χ2v) is 7.18. The zero-order chi connectivity index (χ0) is 17.7. The van der Waals surface area contributed by atoms with E-state index in [1.165, 1.54) is 16.0 Å². The van der Waals surface area contributed by atoms with Crippen molar-refractivity contribution in [3.05, 3.63) is 69.8 Å². The lowest BCUT2D eigenvalue weighted by atomic mass is 9.98. The summed E-state index contributed by atoms with van der Waals surface area (Å²) in [6.07, 6.45) is 1.78.